The Hall–Kier alpha value is -3.32. The molecule has 32 heavy (non-hydrogen) atoms. The number of amides is 1. The van der Waals surface area contributed by atoms with Gasteiger partial charge in [0.2, 0.25) is 0 Å². The molecule has 0 bridgehead atoms. The minimum absolute atomic E-state index is 0.234. The minimum atomic E-state index is -3.89. The van der Waals surface area contributed by atoms with Gasteiger partial charge in [-0.25, -0.2) is 8.42 Å². The number of ether oxygens (including phenoxy) is 1. The zero-order valence-corrected chi connectivity index (χ0v) is 19.8. The standard InChI is InChI=1S/C25H28N2O4S/c1-16-14-17(2)19(4)24(18(16)3)32(29,30)27-23-9-7-6-8-22(23)25(28)26-15-20-10-12-21(31-5)13-11-20/h6-14,27H,15H2,1-5H3,(H,26,28). The number of rotatable bonds is 7. The average Bonchev–Trinajstić information content (AvgIpc) is 2.76. The molecule has 0 radical (unpaired) electrons. The lowest BCUT2D eigenvalue weighted by Gasteiger charge is -2.18. The fraction of sp³-hybridized carbons (Fsp3) is 0.240. The first kappa shape index (κ1) is 23.3. The second kappa shape index (κ2) is 9.44. The highest BCUT2D eigenvalue weighted by Gasteiger charge is 2.24. The lowest BCUT2D eigenvalue weighted by atomic mass is 10.0. The molecule has 3 aromatic rings. The van der Waals surface area contributed by atoms with Crippen LogP contribution in [0.5, 0.6) is 5.75 Å². The highest BCUT2D eigenvalue weighted by molar-refractivity contribution is 7.92. The Labute approximate surface area is 189 Å². The zero-order chi connectivity index (χ0) is 23.5. The van der Waals surface area contributed by atoms with Crippen LogP contribution >= 0.6 is 0 Å². The van der Waals surface area contributed by atoms with Crippen molar-refractivity contribution in [3.05, 3.63) is 88.0 Å². The van der Waals surface area contributed by atoms with Gasteiger partial charge in [-0.3, -0.25) is 9.52 Å². The number of methoxy groups -OCH3 is 1. The molecule has 0 unspecified atom stereocenters. The monoisotopic (exact) mass is 452 g/mol. The van der Waals surface area contributed by atoms with E-state index in [1.807, 2.05) is 44.2 Å². The summed E-state index contributed by atoms with van der Waals surface area (Å²) in [4.78, 5) is 13.1. The van der Waals surface area contributed by atoms with Crippen LogP contribution in [0.15, 0.2) is 59.5 Å². The molecule has 0 saturated heterocycles. The third-order valence-electron chi connectivity index (χ3n) is 5.59. The molecule has 7 heteroatoms. The molecule has 3 rings (SSSR count). The van der Waals surface area contributed by atoms with Crippen LogP contribution < -0.4 is 14.8 Å². The van der Waals surface area contributed by atoms with Crippen molar-refractivity contribution in [3.63, 3.8) is 0 Å². The molecule has 0 fully saturated rings. The van der Waals surface area contributed by atoms with E-state index in [0.29, 0.717) is 17.7 Å². The lowest BCUT2D eigenvalue weighted by Crippen LogP contribution is -2.25. The number of para-hydroxylation sites is 1. The van der Waals surface area contributed by atoms with E-state index in [2.05, 4.69) is 10.0 Å². The van der Waals surface area contributed by atoms with Gasteiger partial charge in [-0.15, -0.1) is 0 Å². The summed E-state index contributed by atoms with van der Waals surface area (Å²) in [7, 11) is -2.30. The number of benzene rings is 3. The molecule has 0 spiro atoms. The summed E-state index contributed by atoms with van der Waals surface area (Å²) < 4.78 is 34.4. The number of aryl methyl sites for hydroxylation is 2. The molecule has 2 N–H and O–H groups in total. The molecule has 0 saturated carbocycles. The van der Waals surface area contributed by atoms with Crippen molar-refractivity contribution in [1.82, 2.24) is 5.32 Å². The van der Waals surface area contributed by atoms with Crippen LogP contribution in [0.3, 0.4) is 0 Å². The van der Waals surface area contributed by atoms with E-state index in [0.717, 1.165) is 22.4 Å². The van der Waals surface area contributed by atoms with Gasteiger partial charge in [0.25, 0.3) is 15.9 Å². The van der Waals surface area contributed by atoms with Crippen molar-refractivity contribution in [2.75, 3.05) is 11.8 Å². The normalized spacial score (nSPS) is 11.2. The lowest BCUT2D eigenvalue weighted by molar-refractivity contribution is 0.0952. The fourth-order valence-corrected chi connectivity index (χ4v) is 5.27. The second-order valence-electron chi connectivity index (χ2n) is 7.77. The van der Waals surface area contributed by atoms with E-state index in [1.165, 1.54) is 0 Å². The summed E-state index contributed by atoms with van der Waals surface area (Å²) >= 11 is 0. The SMILES string of the molecule is COc1ccc(CNC(=O)c2ccccc2NS(=O)(=O)c2c(C)c(C)cc(C)c2C)cc1. The topological polar surface area (TPSA) is 84.5 Å². The third kappa shape index (κ3) is 4.94. The van der Waals surface area contributed by atoms with Gasteiger partial charge in [0.15, 0.2) is 0 Å². The Morgan fingerprint density at radius 1 is 0.906 bits per heavy atom. The number of carbonyl (C=O) groups excluding carboxylic acids is 1. The largest absolute Gasteiger partial charge is 0.497 e. The van der Waals surface area contributed by atoms with Crippen LogP contribution in [-0.4, -0.2) is 21.4 Å². The molecule has 0 aliphatic rings. The van der Waals surface area contributed by atoms with Gasteiger partial charge >= 0.3 is 0 Å². The summed E-state index contributed by atoms with van der Waals surface area (Å²) in [5, 5.41) is 2.85. The van der Waals surface area contributed by atoms with Crippen LogP contribution in [0, 0.1) is 27.7 Å². The average molecular weight is 453 g/mol. The second-order valence-corrected chi connectivity index (χ2v) is 9.39. The number of anilines is 1. The maximum Gasteiger partial charge on any atom is 0.262 e. The van der Waals surface area contributed by atoms with Crippen LogP contribution in [-0.2, 0) is 16.6 Å². The molecule has 168 valence electrons. The Morgan fingerprint density at radius 3 is 2.09 bits per heavy atom. The fourth-order valence-electron chi connectivity index (χ4n) is 3.57. The van der Waals surface area contributed by atoms with E-state index < -0.39 is 10.0 Å². The van der Waals surface area contributed by atoms with Crippen molar-refractivity contribution < 1.29 is 17.9 Å². The number of carbonyl (C=O) groups is 1. The Morgan fingerprint density at radius 2 is 1.50 bits per heavy atom. The summed E-state index contributed by atoms with van der Waals surface area (Å²) in [6.45, 7) is 7.68. The highest BCUT2D eigenvalue weighted by atomic mass is 32.2. The van der Waals surface area contributed by atoms with Crippen LogP contribution in [0.25, 0.3) is 0 Å². The number of hydrogen-bond acceptors (Lipinski definition) is 4. The minimum Gasteiger partial charge on any atom is -0.497 e. The Bertz CT molecular complexity index is 1220. The zero-order valence-electron chi connectivity index (χ0n) is 18.9. The maximum absolute atomic E-state index is 13.3. The van der Waals surface area contributed by atoms with Gasteiger partial charge in [0.05, 0.1) is 23.3 Å². The Kier molecular flexibility index (Phi) is 6.89. The summed E-state index contributed by atoms with van der Waals surface area (Å²) in [6, 6.07) is 15.9. The molecular weight excluding hydrogens is 424 g/mol. The predicted molar refractivity (Wildman–Crippen MR) is 127 cm³/mol. The molecule has 0 aliphatic heterocycles. The highest BCUT2D eigenvalue weighted by Crippen LogP contribution is 2.28. The third-order valence-corrected chi connectivity index (χ3v) is 7.23. The van der Waals surface area contributed by atoms with Gasteiger partial charge in [0.1, 0.15) is 5.75 Å². The molecule has 6 nitrogen and oxygen atoms in total. The van der Waals surface area contributed by atoms with Gasteiger partial charge in [-0.2, -0.15) is 0 Å². The van der Waals surface area contributed by atoms with Crippen LogP contribution in [0.2, 0.25) is 0 Å². The van der Waals surface area contributed by atoms with E-state index in [4.69, 9.17) is 4.74 Å². The number of hydrogen-bond donors (Lipinski definition) is 2. The van der Waals surface area contributed by atoms with Crippen molar-refractivity contribution >= 4 is 21.6 Å². The molecule has 0 heterocycles. The van der Waals surface area contributed by atoms with Gasteiger partial charge < -0.3 is 10.1 Å². The van der Waals surface area contributed by atoms with Gasteiger partial charge in [-0.05, 0) is 79.8 Å². The van der Waals surface area contributed by atoms with Gasteiger partial charge in [0, 0.05) is 6.54 Å². The van der Waals surface area contributed by atoms with E-state index >= 15 is 0 Å². The first-order chi connectivity index (χ1) is 15.1. The molecule has 0 aliphatic carbocycles. The number of nitrogens with one attached hydrogen (secondary N) is 2. The smallest absolute Gasteiger partial charge is 0.262 e. The summed E-state index contributed by atoms with van der Waals surface area (Å²) in [5.74, 6) is 0.366. The maximum atomic E-state index is 13.3. The van der Waals surface area contributed by atoms with E-state index in [1.54, 1.807) is 45.2 Å². The molecule has 3 aromatic carbocycles. The van der Waals surface area contributed by atoms with Crippen molar-refractivity contribution in [1.29, 1.82) is 0 Å². The first-order valence-electron chi connectivity index (χ1n) is 10.2. The summed E-state index contributed by atoms with van der Waals surface area (Å²) in [6.07, 6.45) is 0. The first-order valence-corrected chi connectivity index (χ1v) is 11.7. The van der Waals surface area contributed by atoms with Crippen molar-refractivity contribution in [2.45, 2.75) is 39.1 Å². The van der Waals surface area contributed by atoms with E-state index in [9.17, 15) is 13.2 Å². The number of sulfonamides is 1. The van der Waals surface area contributed by atoms with Crippen LogP contribution in [0.4, 0.5) is 5.69 Å². The van der Waals surface area contributed by atoms with Gasteiger partial charge in [-0.1, -0.05) is 30.3 Å². The Balaban J connectivity index is 1.86. The summed E-state index contributed by atoms with van der Waals surface area (Å²) in [5.41, 5.74) is 4.59. The van der Waals surface area contributed by atoms with Crippen molar-refractivity contribution in [2.24, 2.45) is 0 Å². The molecular formula is C25H28N2O4S. The molecule has 1 amide bonds. The van der Waals surface area contributed by atoms with Crippen molar-refractivity contribution in [3.8, 4) is 5.75 Å². The molecule has 0 aromatic heterocycles. The predicted octanol–water partition coefficient (Wildman–Crippen LogP) is 4.66. The van der Waals surface area contributed by atoms with Crippen LogP contribution in [0.1, 0.15) is 38.2 Å². The van der Waals surface area contributed by atoms with E-state index in [-0.39, 0.29) is 22.1 Å². The molecule has 0 atom stereocenters. The quantitative estimate of drug-likeness (QED) is 0.546.